The Labute approximate surface area is 165 Å². The van der Waals surface area contributed by atoms with Crippen LogP contribution >= 0.6 is 23.2 Å². The Bertz CT molecular complexity index is 1050. The van der Waals surface area contributed by atoms with Crippen LogP contribution in [-0.4, -0.2) is 5.78 Å². The number of hydrogen-bond acceptors (Lipinski definition) is 4. The van der Waals surface area contributed by atoms with E-state index in [-0.39, 0.29) is 11.5 Å². The number of ketones is 1. The molecule has 0 spiro atoms. The summed E-state index contributed by atoms with van der Waals surface area (Å²) in [5.74, 6) is 1.74. The molecule has 0 fully saturated rings. The fraction of sp³-hybridized carbons (Fsp3) is 0.0952. The molecule has 0 saturated carbocycles. The average molecular weight is 401 g/mol. The maximum absolute atomic E-state index is 12.5. The normalized spacial score (nSPS) is 14.3. The molecule has 136 valence electrons. The molecule has 0 amide bonds. The fourth-order valence-corrected chi connectivity index (χ4v) is 3.14. The van der Waals surface area contributed by atoms with Crippen molar-refractivity contribution >= 4 is 35.1 Å². The molecule has 27 heavy (non-hydrogen) atoms. The van der Waals surface area contributed by atoms with Crippen molar-refractivity contribution in [2.75, 3.05) is 0 Å². The van der Waals surface area contributed by atoms with Crippen LogP contribution in [0.15, 0.2) is 58.9 Å². The summed E-state index contributed by atoms with van der Waals surface area (Å²) in [4.78, 5) is 12.5. The largest absolute Gasteiger partial charge is 0.488 e. The van der Waals surface area contributed by atoms with Crippen LogP contribution < -0.4 is 9.47 Å². The number of carbonyl (C=O) groups excluding carboxylic acids is 1. The monoisotopic (exact) mass is 400 g/mol. The molecule has 0 saturated heterocycles. The summed E-state index contributed by atoms with van der Waals surface area (Å²) >= 11 is 12.0. The Balaban J connectivity index is 1.56. The second-order valence-electron chi connectivity index (χ2n) is 6.06. The minimum Gasteiger partial charge on any atom is -0.488 e. The molecular weight excluding hydrogens is 387 g/mol. The molecule has 1 aliphatic heterocycles. The highest BCUT2D eigenvalue weighted by molar-refractivity contribution is 6.42. The van der Waals surface area contributed by atoms with Crippen molar-refractivity contribution in [3.8, 4) is 11.5 Å². The second kappa shape index (κ2) is 7.14. The van der Waals surface area contributed by atoms with E-state index in [0.29, 0.717) is 39.5 Å². The first kappa shape index (κ1) is 17.7. The van der Waals surface area contributed by atoms with Crippen molar-refractivity contribution in [3.05, 3.63) is 87.0 Å². The van der Waals surface area contributed by atoms with Gasteiger partial charge in [-0.15, -0.1) is 0 Å². The van der Waals surface area contributed by atoms with Crippen LogP contribution in [0.5, 0.6) is 11.5 Å². The zero-order valence-electron chi connectivity index (χ0n) is 14.3. The lowest BCUT2D eigenvalue weighted by molar-refractivity contribution is 0.101. The zero-order chi connectivity index (χ0) is 19.0. The van der Waals surface area contributed by atoms with E-state index in [4.69, 9.17) is 37.1 Å². The van der Waals surface area contributed by atoms with Gasteiger partial charge >= 0.3 is 0 Å². The third-order valence-electron chi connectivity index (χ3n) is 4.23. The number of furan rings is 1. The highest BCUT2D eigenvalue weighted by Crippen LogP contribution is 2.39. The van der Waals surface area contributed by atoms with Crippen LogP contribution in [0.1, 0.15) is 27.2 Å². The van der Waals surface area contributed by atoms with Crippen molar-refractivity contribution in [1.29, 1.82) is 0 Å². The highest BCUT2D eigenvalue weighted by Gasteiger charge is 2.30. The van der Waals surface area contributed by atoms with E-state index in [9.17, 15) is 4.79 Å². The standard InChI is InChI=1S/C21H14Cl2O4/c1-12-18(26-11-13-4-6-16(22)17(23)9-13)7-5-15-20(24)19(27-21(12)15)10-14-3-2-8-25-14/h2-10H,11H2,1H3/b19-10-. The van der Waals surface area contributed by atoms with E-state index >= 15 is 0 Å². The highest BCUT2D eigenvalue weighted by atomic mass is 35.5. The van der Waals surface area contributed by atoms with Crippen LogP contribution in [0.4, 0.5) is 0 Å². The van der Waals surface area contributed by atoms with E-state index in [1.54, 1.807) is 48.7 Å². The van der Waals surface area contributed by atoms with E-state index in [1.165, 1.54) is 0 Å². The molecule has 2 aromatic carbocycles. The first-order chi connectivity index (χ1) is 13.0. The molecule has 0 unspecified atom stereocenters. The summed E-state index contributed by atoms with van der Waals surface area (Å²) in [6.45, 7) is 2.17. The van der Waals surface area contributed by atoms with Gasteiger partial charge in [0, 0.05) is 11.6 Å². The summed E-state index contributed by atoms with van der Waals surface area (Å²) in [5, 5.41) is 0.974. The van der Waals surface area contributed by atoms with Gasteiger partial charge in [0.25, 0.3) is 0 Å². The second-order valence-corrected chi connectivity index (χ2v) is 6.87. The van der Waals surface area contributed by atoms with Gasteiger partial charge in [0.15, 0.2) is 5.76 Å². The predicted octanol–water partition coefficient (Wildman–Crippen LogP) is 6.09. The number of rotatable bonds is 4. The molecule has 1 aromatic heterocycles. The van der Waals surface area contributed by atoms with Crippen LogP contribution in [0.25, 0.3) is 6.08 Å². The minimum absolute atomic E-state index is 0.180. The third-order valence-corrected chi connectivity index (χ3v) is 4.97. The van der Waals surface area contributed by atoms with Gasteiger partial charge < -0.3 is 13.9 Å². The first-order valence-corrected chi connectivity index (χ1v) is 8.96. The summed E-state index contributed by atoms with van der Waals surface area (Å²) in [7, 11) is 0. The van der Waals surface area contributed by atoms with Crippen molar-refractivity contribution < 1.29 is 18.7 Å². The average Bonchev–Trinajstić information content (AvgIpc) is 3.27. The Kier molecular flexibility index (Phi) is 4.68. The number of ether oxygens (including phenoxy) is 2. The van der Waals surface area contributed by atoms with Crippen molar-refractivity contribution in [3.63, 3.8) is 0 Å². The van der Waals surface area contributed by atoms with Crippen molar-refractivity contribution in [2.45, 2.75) is 13.5 Å². The third kappa shape index (κ3) is 3.46. The van der Waals surface area contributed by atoms with Gasteiger partial charge in [-0.1, -0.05) is 29.3 Å². The number of Topliss-reactive ketones (excluding diaryl/α,β-unsaturated/α-hetero) is 1. The lowest BCUT2D eigenvalue weighted by Crippen LogP contribution is -1.98. The summed E-state index contributed by atoms with van der Waals surface area (Å²) in [6, 6.07) is 12.3. The Hall–Kier alpha value is -2.69. The van der Waals surface area contributed by atoms with Crippen LogP contribution in [-0.2, 0) is 6.61 Å². The predicted molar refractivity (Wildman–Crippen MR) is 104 cm³/mol. The Morgan fingerprint density at radius 2 is 1.96 bits per heavy atom. The van der Waals surface area contributed by atoms with Gasteiger partial charge in [0.05, 0.1) is 21.9 Å². The summed E-state index contributed by atoms with van der Waals surface area (Å²) < 4.78 is 16.9. The zero-order valence-corrected chi connectivity index (χ0v) is 15.8. The molecule has 0 atom stereocenters. The Morgan fingerprint density at radius 1 is 1.11 bits per heavy atom. The maximum atomic E-state index is 12.5. The quantitative estimate of drug-likeness (QED) is 0.497. The molecule has 2 heterocycles. The minimum atomic E-state index is -0.180. The van der Waals surface area contributed by atoms with E-state index in [0.717, 1.165) is 11.1 Å². The van der Waals surface area contributed by atoms with Crippen LogP contribution in [0, 0.1) is 6.92 Å². The smallest absolute Gasteiger partial charge is 0.232 e. The van der Waals surface area contributed by atoms with E-state index in [2.05, 4.69) is 0 Å². The van der Waals surface area contributed by atoms with Gasteiger partial charge in [-0.2, -0.15) is 0 Å². The Morgan fingerprint density at radius 3 is 2.70 bits per heavy atom. The maximum Gasteiger partial charge on any atom is 0.232 e. The van der Waals surface area contributed by atoms with Gasteiger partial charge in [-0.3, -0.25) is 4.79 Å². The number of allylic oxidation sites excluding steroid dienone is 1. The molecule has 0 radical (unpaired) electrons. The summed E-state index contributed by atoms with van der Waals surface area (Å²) in [6.07, 6.45) is 3.12. The lowest BCUT2D eigenvalue weighted by atomic mass is 10.1. The van der Waals surface area contributed by atoms with E-state index < -0.39 is 0 Å². The molecular formula is C21H14Cl2O4. The number of carbonyl (C=O) groups is 1. The molecule has 4 nitrogen and oxygen atoms in total. The molecule has 0 N–H and O–H groups in total. The topological polar surface area (TPSA) is 48.7 Å². The lowest BCUT2D eigenvalue weighted by Gasteiger charge is -2.12. The summed E-state index contributed by atoms with van der Waals surface area (Å²) in [5.41, 5.74) is 2.15. The van der Waals surface area contributed by atoms with Crippen molar-refractivity contribution in [2.24, 2.45) is 0 Å². The van der Waals surface area contributed by atoms with Crippen LogP contribution in [0.3, 0.4) is 0 Å². The van der Waals surface area contributed by atoms with Crippen LogP contribution in [0.2, 0.25) is 10.0 Å². The number of hydrogen-bond donors (Lipinski definition) is 0. The van der Waals surface area contributed by atoms with Crippen molar-refractivity contribution in [1.82, 2.24) is 0 Å². The number of benzene rings is 2. The first-order valence-electron chi connectivity index (χ1n) is 8.21. The fourth-order valence-electron chi connectivity index (χ4n) is 2.82. The molecule has 0 aliphatic carbocycles. The van der Waals surface area contributed by atoms with Gasteiger partial charge in [-0.25, -0.2) is 0 Å². The number of halogens is 2. The molecule has 3 aromatic rings. The van der Waals surface area contributed by atoms with Gasteiger partial charge in [0.2, 0.25) is 5.78 Å². The molecule has 1 aliphatic rings. The molecule has 6 heteroatoms. The molecule has 0 bridgehead atoms. The number of fused-ring (bicyclic) bond motifs is 1. The SMILES string of the molecule is Cc1c(OCc2ccc(Cl)c(Cl)c2)ccc2c1O/C(=C\c1ccco1)C2=O. The van der Waals surface area contributed by atoms with Gasteiger partial charge in [-0.05, 0) is 48.9 Å². The van der Waals surface area contributed by atoms with E-state index in [1.807, 2.05) is 13.0 Å². The molecule has 4 rings (SSSR count). The van der Waals surface area contributed by atoms with Gasteiger partial charge in [0.1, 0.15) is 23.9 Å².